The second-order valence-corrected chi connectivity index (χ2v) is 4.58. The molecule has 0 bridgehead atoms. The summed E-state index contributed by atoms with van der Waals surface area (Å²) in [5, 5.41) is 10.0. The van der Waals surface area contributed by atoms with Crippen LogP contribution in [0.3, 0.4) is 0 Å². The van der Waals surface area contributed by atoms with Gasteiger partial charge < -0.3 is 10.0 Å². The van der Waals surface area contributed by atoms with Gasteiger partial charge in [-0.15, -0.1) is 0 Å². The Morgan fingerprint density at radius 3 is 2.79 bits per heavy atom. The largest absolute Gasteiger partial charge is 0.481 e. The van der Waals surface area contributed by atoms with Gasteiger partial charge in [0, 0.05) is 29.9 Å². The van der Waals surface area contributed by atoms with E-state index >= 15 is 0 Å². The molecule has 1 aromatic heterocycles. The van der Waals surface area contributed by atoms with E-state index in [1.165, 1.54) is 0 Å². The van der Waals surface area contributed by atoms with E-state index in [2.05, 4.69) is 9.88 Å². The van der Waals surface area contributed by atoms with Gasteiger partial charge in [-0.2, -0.15) is 0 Å². The number of hydrogen-bond donors (Lipinski definition) is 1. The van der Waals surface area contributed by atoms with E-state index in [-0.39, 0.29) is 12.5 Å². The van der Waals surface area contributed by atoms with Crippen LogP contribution in [0.4, 0.5) is 5.69 Å². The number of hydrogen-bond acceptors (Lipinski definition) is 3. The number of nitrogens with zero attached hydrogens (tertiary/aromatic N) is 2. The molecule has 0 aliphatic rings. The molecule has 1 N–H and O–H groups in total. The topological polar surface area (TPSA) is 53.4 Å². The van der Waals surface area contributed by atoms with Crippen LogP contribution in [0.2, 0.25) is 0 Å². The Balaban J connectivity index is 2.43. The lowest BCUT2D eigenvalue weighted by Gasteiger charge is -2.30. The zero-order valence-corrected chi connectivity index (χ0v) is 11.2. The average molecular weight is 258 g/mol. The number of carboxylic acid groups (broad SMARTS) is 1. The highest BCUT2D eigenvalue weighted by Gasteiger charge is 2.17. The first kappa shape index (κ1) is 13.3. The van der Waals surface area contributed by atoms with Crippen LogP contribution in [0.15, 0.2) is 36.5 Å². The SMILES string of the molecule is CCN(c1ccnc2ccccc12)C(C)CC(=O)O. The summed E-state index contributed by atoms with van der Waals surface area (Å²) in [7, 11) is 0. The van der Waals surface area contributed by atoms with E-state index in [1.54, 1.807) is 6.20 Å². The van der Waals surface area contributed by atoms with E-state index in [9.17, 15) is 4.79 Å². The molecule has 0 amide bonds. The summed E-state index contributed by atoms with van der Waals surface area (Å²) in [4.78, 5) is 17.3. The van der Waals surface area contributed by atoms with E-state index in [0.29, 0.717) is 0 Å². The smallest absolute Gasteiger partial charge is 0.305 e. The van der Waals surface area contributed by atoms with Gasteiger partial charge in [0.25, 0.3) is 0 Å². The van der Waals surface area contributed by atoms with Gasteiger partial charge in [0.05, 0.1) is 11.9 Å². The Kier molecular flexibility index (Phi) is 4.00. The van der Waals surface area contributed by atoms with E-state index in [1.807, 2.05) is 44.2 Å². The lowest BCUT2D eigenvalue weighted by Crippen LogP contribution is -2.34. The lowest BCUT2D eigenvalue weighted by atomic mass is 10.1. The highest BCUT2D eigenvalue weighted by molar-refractivity contribution is 5.91. The standard InChI is InChI=1S/C15H18N2O2/c1-3-17(11(2)10-15(18)19)14-8-9-16-13-7-5-4-6-12(13)14/h4-9,11H,3,10H2,1-2H3,(H,18,19). The van der Waals surface area contributed by atoms with Crippen LogP contribution in [0.5, 0.6) is 0 Å². The van der Waals surface area contributed by atoms with Crippen LogP contribution in [-0.2, 0) is 4.79 Å². The third-order valence-electron chi connectivity index (χ3n) is 3.28. The lowest BCUT2D eigenvalue weighted by molar-refractivity contribution is -0.137. The summed E-state index contributed by atoms with van der Waals surface area (Å²) in [5.74, 6) is -0.774. The molecule has 1 atom stereocenters. The van der Waals surface area contributed by atoms with E-state index in [4.69, 9.17) is 5.11 Å². The van der Waals surface area contributed by atoms with Crippen LogP contribution >= 0.6 is 0 Å². The van der Waals surface area contributed by atoms with Crippen molar-refractivity contribution in [1.82, 2.24) is 4.98 Å². The third kappa shape index (κ3) is 2.84. The maximum Gasteiger partial charge on any atom is 0.305 e. The molecule has 0 saturated carbocycles. The van der Waals surface area contributed by atoms with Gasteiger partial charge in [-0.1, -0.05) is 18.2 Å². The zero-order chi connectivity index (χ0) is 13.8. The van der Waals surface area contributed by atoms with Crippen molar-refractivity contribution in [3.63, 3.8) is 0 Å². The molecule has 19 heavy (non-hydrogen) atoms. The minimum absolute atomic E-state index is 0.0479. The molecule has 4 nitrogen and oxygen atoms in total. The summed E-state index contributed by atoms with van der Waals surface area (Å²) < 4.78 is 0. The number of carboxylic acids is 1. The number of fused-ring (bicyclic) bond motifs is 1. The van der Waals surface area contributed by atoms with Crippen LogP contribution in [0.25, 0.3) is 10.9 Å². The fourth-order valence-electron chi connectivity index (χ4n) is 2.41. The maximum absolute atomic E-state index is 10.9. The fraction of sp³-hybridized carbons (Fsp3) is 0.333. The molecule has 0 fully saturated rings. The third-order valence-corrected chi connectivity index (χ3v) is 3.28. The Morgan fingerprint density at radius 2 is 2.11 bits per heavy atom. The summed E-state index contributed by atoms with van der Waals surface area (Å²) in [5.41, 5.74) is 1.97. The molecule has 1 heterocycles. The summed E-state index contributed by atoms with van der Waals surface area (Å²) in [6.45, 7) is 4.74. The second-order valence-electron chi connectivity index (χ2n) is 4.58. The Bertz CT molecular complexity index is 578. The quantitative estimate of drug-likeness (QED) is 0.896. The first-order valence-electron chi connectivity index (χ1n) is 6.45. The molecule has 4 heteroatoms. The van der Waals surface area contributed by atoms with Crippen molar-refractivity contribution >= 4 is 22.6 Å². The minimum atomic E-state index is -0.774. The molecule has 0 aliphatic carbocycles. The number of aromatic nitrogens is 1. The molecule has 0 radical (unpaired) electrons. The van der Waals surface area contributed by atoms with Crippen molar-refractivity contribution in [2.24, 2.45) is 0 Å². The van der Waals surface area contributed by atoms with Gasteiger partial charge in [-0.05, 0) is 26.0 Å². The Morgan fingerprint density at radius 1 is 1.37 bits per heavy atom. The Hall–Kier alpha value is -2.10. The van der Waals surface area contributed by atoms with E-state index in [0.717, 1.165) is 23.1 Å². The van der Waals surface area contributed by atoms with Crippen LogP contribution in [0.1, 0.15) is 20.3 Å². The van der Waals surface area contributed by atoms with Gasteiger partial charge >= 0.3 is 5.97 Å². The molecule has 0 saturated heterocycles. The predicted octanol–water partition coefficient (Wildman–Crippen LogP) is 2.92. The first-order chi connectivity index (χ1) is 9.13. The van der Waals surface area contributed by atoms with Crippen LogP contribution in [-0.4, -0.2) is 28.6 Å². The molecular weight excluding hydrogens is 240 g/mol. The minimum Gasteiger partial charge on any atom is -0.481 e. The van der Waals surface area contributed by atoms with Gasteiger partial charge in [0.1, 0.15) is 0 Å². The molecular formula is C15H18N2O2. The number of benzene rings is 1. The van der Waals surface area contributed by atoms with Gasteiger partial charge in [0.15, 0.2) is 0 Å². The van der Waals surface area contributed by atoms with Crippen molar-refractivity contribution in [3.05, 3.63) is 36.5 Å². The van der Waals surface area contributed by atoms with Gasteiger partial charge in [-0.3, -0.25) is 9.78 Å². The summed E-state index contributed by atoms with van der Waals surface area (Å²) in [6, 6.07) is 9.82. The number of carbonyl (C=O) groups is 1. The maximum atomic E-state index is 10.9. The van der Waals surface area contributed by atoms with E-state index < -0.39 is 5.97 Å². The summed E-state index contributed by atoms with van der Waals surface area (Å²) >= 11 is 0. The molecule has 0 aliphatic heterocycles. The van der Waals surface area contributed by atoms with Gasteiger partial charge in [0.2, 0.25) is 0 Å². The molecule has 1 aromatic carbocycles. The highest BCUT2D eigenvalue weighted by atomic mass is 16.4. The number of anilines is 1. The van der Waals surface area contributed by atoms with Crippen LogP contribution < -0.4 is 4.90 Å². The number of para-hydroxylation sites is 1. The molecule has 2 aromatic rings. The summed E-state index contributed by atoms with van der Waals surface area (Å²) in [6.07, 6.45) is 1.90. The predicted molar refractivity (Wildman–Crippen MR) is 76.5 cm³/mol. The number of aliphatic carboxylic acids is 1. The van der Waals surface area contributed by atoms with Gasteiger partial charge in [-0.25, -0.2) is 0 Å². The fourth-order valence-corrected chi connectivity index (χ4v) is 2.41. The monoisotopic (exact) mass is 258 g/mol. The van der Waals surface area contributed by atoms with Crippen molar-refractivity contribution in [3.8, 4) is 0 Å². The molecule has 0 spiro atoms. The molecule has 100 valence electrons. The van der Waals surface area contributed by atoms with Crippen LogP contribution in [0, 0.1) is 0 Å². The number of rotatable bonds is 5. The zero-order valence-electron chi connectivity index (χ0n) is 11.2. The van der Waals surface area contributed by atoms with Crippen molar-refractivity contribution in [1.29, 1.82) is 0 Å². The molecule has 2 rings (SSSR count). The molecule has 1 unspecified atom stereocenters. The van der Waals surface area contributed by atoms with Crippen molar-refractivity contribution in [2.75, 3.05) is 11.4 Å². The Labute approximate surface area is 112 Å². The average Bonchev–Trinajstić information content (AvgIpc) is 2.39. The number of pyridine rings is 1. The second kappa shape index (κ2) is 5.69. The highest BCUT2D eigenvalue weighted by Crippen LogP contribution is 2.27. The van der Waals surface area contributed by atoms with Crippen molar-refractivity contribution in [2.45, 2.75) is 26.3 Å². The van der Waals surface area contributed by atoms with Crippen molar-refractivity contribution < 1.29 is 9.90 Å². The normalized spacial score (nSPS) is 12.3. The first-order valence-corrected chi connectivity index (χ1v) is 6.45.